The van der Waals surface area contributed by atoms with Crippen molar-refractivity contribution in [1.29, 1.82) is 0 Å². The first kappa shape index (κ1) is 14.9. The van der Waals surface area contributed by atoms with E-state index in [2.05, 4.69) is 22.0 Å². The molecule has 1 unspecified atom stereocenters. The van der Waals surface area contributed by atoms with Crippen molar-refractivity contribution < 1.29 is 9.53 Å². The first-order valence-corrected chi connectivity index (χ1v) is 7.53. The number of methoxy groups -OCH3 is 1. The summed E-state index contributed by atoms with van der Waals surface area (Å²) in [6.45, 7) is 1.89. The Morgan fingerprint density at radius 2 is 2.32 bits per heavy atom. The highest BCUT2D eigenvalue weighted by Crippen LogP contribution is 2.31. The molecule has 2 heterocycles. The number of primary amides is 1. The number of hydrogen-bond acceptors (Lipinski definition) is 4. The molecular weight excluding hydrogens is 278 g/mol. The maximum Gasteiger partial charge on any atom is 0.240 e. The van der Waals surface area contributed by atoms with E-state index in [4.69, 9.17) is 10.5 Å². The van der Waals surface area contributed by atoms with Crippen molar-refractivity contribution in [3.63, 3.8) is 0 Å². The summed E-state index contributed by atoms with van der Waals surface area (Å²) in [5.41, 5.74) is 7.14. The van der Waals surface area contributed by atoms with Gasteiger partial charge < -0.3 is 10.5 Å². The van der Waals surface area contributed by atoms with Crippen LogP contribution in [-0.2, 0) is 16.1 Å². The molecule has 1 aliphatic rings. The van der Waals surface area contributed by atoms with Crippen molar-refractivity contribution in [2.75, 3.05) is 20.3 Å². The first-order chi connectivity index (χ1) is 10.7. The van der Waals surface area contributed by atoms with Gasteiger partial charge in [0.05, 0.1) is 12.1 Å². The van der Waals surface area contributed by atoms with Crippen LogP contribution in [0.5, 0.6) is 0 Å². The van der Waals surface area contributed by atoms with Crippen LogP contribution in [0, 0.1) is 0 Å². The van der Waals surface area contributed by atoms with Crippen molar-refractivity contribution >= 4 is 16.8 Å². The molecule has 1 atom stereocenters. The van der Waals surface area contributed by atoms with Gasteiger partial charge in [-0.2, -0.15) is 0 Å². The number of nitrogens with two attached hydrogens (primary N) is 1. The highest BCUT2D eigenvalue weighted by molar-refractivity contribution is 5.85. The van der Waals surface area contributed by atoms with Gasteiger partial charge in [0.15, 0.2) is 0 Å². The van der Waals surface area contributed by atoms with Gasteiger partial charge in [-0.05, 0) is 43.1 Å². The zero-order valence-corrected chi connectivity index (χ0v) is 12.8. The quantitative estimate of drug-likeness (QED) is 0.912. The molecule has 2 N–H and O–H groups in total. The van der Waals surface area contributed by atoms with Crippen molar-refractivity contribution in [1.82, 2.24) is 9.88 Å². The van der Waals surface area contributed by atoms with E-state index in [9.17, 15) is 4.79 Å². The topological polar surface area (TPSA) is 68.5 Å². The molecule has 0 bridgehead atoms. The van der Waals surface area contributed by atoms with E-state index in [0.29, 0.717) is 13.2 Å². The van der Waals surface area contributed by atoms with E-state index >= 15 is 0 Å². The molecule has 1 aromatic heterocycles. The largest absolute Gasteiger partial charge is 0.382 e. The number of fused-ring (bicyclic) bond motifs is 1. The van der Waals surface area contributed by atoms with Gasteiger partial charge in [0.2, 0.25) is 5.91 Å². The third-order valence-corrected chi connectivity index (χ3v) is 4.51. The third-order valence-electron chi connectivity index (χ3n) is 4.51. The van der Waals surface area contributed by atoms with Crippen LogP contribution in [0.25, 0.3) is 10.9 Å². The minimum atomic E-state index is -0.682. The fraction of sp³-hybridized carbons (Fsp3) is 0.412. The molecule has 1 saturated heterocycles. The summed E-state index contributed by atoms with van der Waals surface area (Å²) in [6.07, 6.45) is 3.51. The van der Waals surface area contributed by atoms with E-state index in [0.717, 1.165) is 35.9 Å². The van der Waals surface area contributed by atoms with Crippen LogP contribution in [0.1, 0.15) is 18.4 Å². The van der Waals surface area contributed by atoms with Crippen molar-refractivity contribution in [3.8, 4) is 0 Å². The fourth-order valence-corrected chi connectivity index (χ4v) is 3.36. The number of carbonyl (C=O) groups excluding carboxylic acids is 1. The van der Waals surface area contributed by atoms with Crippen LogP contribution in [0.4, 0.5) is 0 Å². The Balaban J connectivity index is 1.87. The molecule has 1 aromatic carbocycles. The van der Waals surface area contributed by atoms with E-state index in [1.807, 2.05) is 18.2 Å². The monoisotopic (exact) mass is 299 g/mol. The predicted molar refractivity (Wildman–Crippen MR) is 85.2 cm³/mol. The smallest absolute Gasteiger partial charge is 0.240 e. The summed E-state index contributed by atoms with van der Waals surface area (Å²) < 4.78 is 5.28. The summed E-state index contributed by atoms with van der Waals surface area (Å²) in [5.74, 6) is -0.297. The highest BCUT2D eigenvalue weighted by atomic mass is 16.5. The van der Waals surface area contributed by atoms with Gasteiger partial charge in [0.25, 0.3) is 0 Å². The van der Waals surface area contributed by atoms with Crippen LogP contribution in [0.2, 0.25) is 0 Å². The van der Waals surface area contributed by atoms with Crippen LogP contribution in [-0.4, -0.2) is 41.6 Å². The molecule has 5 nitrogen and oxygen atoms in total. The van der Waals surface area contributed by atoms with E-state index in [1.165, 1.54) is 0 Å². The summed E-state index contributed by atoms with van der Waals surface area (Å²) in [4.78, 5) is 18.5. The normalized spacial score (nSPS) is 22.2. The molecular formula is C17H21N3O2. The third kappa shape index (κ3) is 2.58. The molecule has 1 aliphatic heterocycles. The number of likely N-dealkylation sites (tertiary alicyclic amines) is 1. The lowest BCUT2D eigenvalue weighted by Gasteiger charge is -2.35. The second-order valence-electron chi connectivity index (χ2n) is 5.88. The molecule has 5 heteroatoms. The van der Waals surface area contributed by atoms with Crippen LogP contribution < -0.4 is 5.73 Å². The Hall–Kier alpha value is -1.98. The van der Waals surface area contributed by atoms with Crippen LogP contribution in [0.15, 0.2) is 36.5 Å². The SMILES string of the molecule is COCC1(C(N)=O)CCCN1Cc1ccc2ncccc2c1. The second-order valence-corrected chi connectivity index (χ2v) is 5.88. The van der Waals surface area contributed by atoms with Gasteiger partial charge in [-0.25, -0.2) is 0 Å². The first-order valence-electron chi connectivity index (χ1n) is 7.53. The molecule has 1 amide bonds. The molecule has 116 valence electrons. The van der Waals surface area contributed by atoms with Gasteiger partial charge in [-0.1, -0.05) is 12.1 Å². The number of pyridine rings is 1. The van der Waals surface area contributed by atoms with Gasteiger partial charge in [0.1, 0.15) is 5.54 Å². The Morgan fingerprint density at radius 1 is 1.45 bits per heavy atom. The lowest BCUT2D eigenvalue weighted by Crippen LogP contribution is -2.56. The highest BCUT2D eigenvalue weighted by Gasteiger charge is 2.46. The zero-order chi connectivity index (χ0) is 15.6. The molecule has 0 spiro atoms. The predicted octanol–water partition coefficient (Wildman–Crippen LogP) is 1.70. The maximum absolute atomic E-state index is 12.0. The molecule has 0 aliphatic carbocycles. The van der Waals surface area contributed by atoms with Gasteiger partial charge in [-0.3, -0.25) is 14.7 Å². The standard InChI is InChI=1S/C17H21N3O2/c1-22-12-17(16(18)21)7-3-9-20(17)11-13-5-6-15-14(10-13)4-2-8-19-15/h2,4-6,8,10H,3,7,9,11-12H2,1H3,(H2,18,21). The maximum atomic E-state index is 12.0. The number of rotatable bonds is 5. The van der Waals surface area contributed by atoms with Crippen molar-refractivity contribution in [3.05, 3.63) is 42.1 Å². The molecule has 1 fully saturated rings. The van der Waals surface area contributed by atoms with Gasteiger partial charge in [-0.15, -0.1) is 0 Å². The molecule has 3 rings (SSSR count). The molecule has 0 radical (unpaired) electrons. The Morgan fingerprint density at radius 3 is 3.09 bits per heavy atom. The average molecular weight is 299 g/mol. The minimum Gasteiger partial charge on any atom is -0.382 e. The van der Waals surface area contributed by atoms with E-state index in [1.54, 1.807) is 13.3 Å². The van der Waals surface area contributed by atoms with Gasteiger partial charge in [0, 0.05) is 25.2 Å². The lowest BCUT2D eigenvalue weighted by molar-refractivity contribution is -0.132. The molecule has 22 heavy (non-hydrogen) atoms. The Kier molecular flexibility index (Phi) is 4.09. The molecule has 0 saturated carbocycles. The van der Waals surface area contributed by atoms with Gasteiger partial charge >= 0.3 is 0 Å². The average Bonchev–Trinajstić information content (AvgIpc) is 2.91. The van der Waals surface area contributed by atoms with Crippen molar-refractivity contribution in [2.45, 2.75) is 24.9 Å². The van der Waals surface area contributed by atoms with E-state index < -0.39 is 5.54 Å². The van der Waals surface area contributed by atoms with Crippen LogP contribution in [0.3, 0.4) is 0 Å². The number of nitrogens with zero attached hydrogens (tertiary/aromatic N) is 2. The van der Waals surface area contributed by atoms with E-state index in [-0.39, 0.29) is 5.91 Å². The summed E-state index contributed by atoms with van der Waals surface area (Å²) in [5, 5.41) is 1.11. The summed E-state index contributed by atoms with van der Waals surface area (Å²) >= 11 is 0. The lowest BCUT2D eigenvalue weighted by atomic mass is 9.95. The fourth-order valence-electron chi connectivity index (χ4n) is 3.36. The minimum absolute atomic E-state index is 0.297. The number of benzene rings is 1. The second kappa shape index (κ2) is 6.02. The number of carbonyl (C=O) groups is 1. The number of amides is 1. The van der Waals surface area contributed by atoms with Crippen LogP contribution >= 0.6 is 0 Å². The summed E-state index contributed by atoms with van der Waals surface area (Å²) in [7, 11) is 1.61. The van der Waals surface area contributed by atoms with Crippen molar-refractivity contribution in [2.24, 2.45) is 5.73 Å². The number of ether oxygens (including phenoxy) is 1. The number of hydrogen-bond donors (Lipinski definition) is 1. The zero-order valence-electron chi connectivity index (χ0n) is 12.8. The summed E-state index contributed by atoms with van der Waals surface area (Å²) in [6, 6.07) is 10.2. The Bertz CT molecular complexity index is 688. The Labute approximate surface area is 130 Å². The number of aromatic nitrogens is 1. The molecule has 2 aromatic rings.